The molecule has 0 unspecified atom stereocenters. The van der Waals surface area contributed by atoms with Crippen LogP contribution < -0.4 is 4.74 Å². The fourth-order valence-electron chi connectivity index (χ4n) is 2.99. The lowest BCUT2D eigenvalue weighted by Gasteiger charge is -2.14. The first kappa shape index (κ1) is 22.0. The van der Waals surface area contributed by atoms with Gasteiger partial charge in [-0.1, -0.05) is 38.1 Å². The zero-order valence-electron chi connectivity index (χ0n) is 16.7. The molecule has 0 aliphatic rings. The van der Waals surface area contributed by atoms with Gasteiger partial charge in [-0.3, -0.25) is 0 Å². The maximum atomic E-state index is 14.3. The molecule has 3 aromatic rings. The summed E-state index contributed by atoms with van der Waals surface area (Å²) >= 11 is 0. The van der Waals surface area contributed by atoms with Crippen molar-refractivity contribution < 1.29 is 26.0 Å². The highest BCUT2D eigenvalue weighted by Gasteiger charge is 2.31. The molecule has 5 nitrogen and oxygen atoms in total. The summed E-state index contributed by atoms with van der Waals surface area (Å²) < 4.78 is 72.4. The largest absolute Gasteiger partial charge is 0.497 e. The molecule has 3 rings (SSSR count). The quantitative estimate of drug-likeness (QED) is 0.550. The van der Waals surface area contributed by atoms with E-state index in [2.05, 4.69) is 0 Å². The zero-order chi connectivity index (χ0) is 22.1. The van der Waals surface area contributed by atoms with E-state index in [0.29, 0.717) is 0 Å². The van der Waals surface area contributed by atoms with Gasteiger partial charge in [-0.15, -0.1) is 0 Å². The van der Waals surface area contributed by atoms with Crippen LogP contribution >= 0.6 is 0 Å². The number of benzene rings is 3. The van der Waals surface area contributed by atoms with Gasteiger partial charge in [-0.05, 0) is 47.9 Å². The first-order valence-corrected chi connectivity index (χ1v) is 12.1. The van der Waals surface area contributed by atoms with Crippen LogP contribution in [0, 0.1) is 5.82 Å². The van der Waals surface area contributed by atoms with Crippen molar-refractivity contribution in [1.29, 1.82) is 0 Å². The smallest absolute Gasteiger partial charge is 0.210 e. The van der Waals surface area contributed by atoms with Gasteiger partial charge < -0.3 is 4.74 Å². The average molecular weight is 449 g/mol. The normalized spacial score (nSPS) is 12.2. The molecule has 30 heavy (non-hydrogen) atoms. The molecule has 0 saturated carbocycles. The van der Waals surface area contributed by atoms with Gasteiger partial charge in [-0.2, -0.15) is 0 Å². The molecule has 0 amide bonds. The summed E-state index contributed by atoms with van der Waals surface area (Å²) in [6.07, 6.45) is 0. The second kappa shape index (κ2) is 8.20. The molecule has 0 atom stereocenters. The van der Waals surface area contributed by atoms with E-state index in [-0.39, 0.29) is 16.6 Å². The summed E-state index contributed by atoms with van der Waals surface area (Å²) in [6, 6.07) is 14.7. The van der Waals surface area contributed by atoms with Gasteiger partial charge in [0.1, 0.15) is 16.5 Å². The monoisotopic (exact) mass is 448 g/mol. The van der Waals surface area contributed by atoms with Crippen molar-refractivity contribution in [3.63, 3.8) is 0 Å². The van der Waals surface area contributed by atoms with Crippen molar-refractivity contribution in [2.75, 3.05) is 7.11 Å². The lowest BCUT2D eigenvalue weighted by Crippen LogP contribution is -2.12. The Bertz CT molecular complexity index is 1280. The maximum Gasteiger partial charge on any atom is 0.210 e. The third kappa shape index (κ3) is 3.97. The molecule has 0 aliphatic carbocycles. The summed E-state index contributed by atoms with van der Waals surface area (Å²) in [5, 5.41) is 0. The molecule has 3 aromatic carbocycles. The number of hydrogen-bond donors (Lipinski definition) is 0. The van der Waals surface area contributed by atoms with E-state index >= 15 is 0 Å². The summed E-state index contributed by atoms with van der Waals surface area (Å²) in [7, 11) is -7.35. The molecule has 0 N–H and O–H groups in total. The molecule has 8 heteroatoms. The number of ether oxygens (including phenoxy) is 1. The molecule has 0 aliphatic heterocycles. The highest BCUT2D eigenvalue weighted by molar-refractivity contribution is 7.94. The Morgan fingerprint density at radius 2 is 1.40 bits per heavy atom. The van der Waals surface area contributed by atoms with Gasteiger partial charge in [0.2, 0.25) is 19.7 Å². The highest BCUT2D eigenvalue weighted by atomic mass is 32.2. The van der Waals surface area contributed by atoms with Gasteiger partial charge in [-0.25, -0.2) is 21.2 Å². The van der Waals surface area contributed by atoms with E-state index in [4.69, 9.17) is 4.74 Å². The van der Waals surface area contributed by atoms with Crippen LogP contribution in [0.2, 0.25) is 0 Å². The summed E-state index contributed by atoms with van der Waals surface area (Å²) in [6.45, 7) is 3.96. The molecule has 0 saturated heterocycles. The Morgan fingerprint density at radius 1 is 0.767 bits per heavy atom. The second-order valence-corrected chi connectivity index (χ2v) is 10.8. The number of halogens is 1. The minimum Gasteiger partial charge on any atom is -0.497 e. The highest BCUT2D eigenvalue weighted by Crippen LogP contribution is 2.34. The Labute approximate surface area is 176 Å². The van der Waals surface area contributed by atoms with Gasteiger partial charge in [0, 0.05) is 6.07 Å². The van der Waals surface area contributed by atoms with E-state index < -0.39 is 40.2 Å². The number of sulfone groups is 2. The molecule has 0 aromatic heterocycles. The molecule has 0 radical (unpaired) electrons. The van der Waals surface area contributed by atoms with Crippen LogP contribution in [0.3, 0.4) is 0 Å². The maximum absolute atomic E-state index is 14.3. The lowest BCUT2D eigenvalue weighted by molar-refractivity contribution is 0.412. The second-order valence-electron chi connectivity index (χ2n) is 6.97. The van der Waals surface area contributed by atoms with Crippen molar-refractivity contribution in [3.8, 4) is 5.75 Å². The van der Waals surface area contributed by atoms with E-state index in [9.17, 15) is 21.2 Å². The Hall–Kier alpha value is -2.71. The van der Waals surface area contributed by atoms with Gasteiger partial charge in [0.25, 0.3) is 0 Å². The predicted octanol–water partition coefficient (Wildman–Crippen LogP) is 4.62. The van der Waals surface area contributed by atoms with E-state index in [1.807, 2.05) is 13.8 Å². The third-order valence-corrected chi connectivity index (χ3v) is 8.50. The van der Waals surface area contributed by atoms with Crippen LogP contribution in [0.25, 0.3) is 0 Å². The van der Waals surface area contributed by atoms with Crippen molar-refractivity contribution in [3.05, 3.63) is 78.1 Å². The molecular weight excluding hydrogens is 427 g/mol. The van der Waals surface area contributed by atoms with Crippen LogP contribution in [-0.4, -0.2) is 23.9 Å². The van der Waals surface area contributed by atoms with E-state index in [1.54, 1.807) is 12.1 Å². The Balaban J connectivity index is 2.25. The van der Waals surface area contributed by atoms with E-state index in [1.165, 1.54) is 37.4 Å². The van der Waals surface area contributed by atoms with Crippen LogP contribution in [-0.2, 0) is 19.7 Å². The van der Waals surface area contributed by atoms with Crippen molar-refractivity contribution >= 4 is 19.7 Å². The minimum absolute atomic E-state index is 0.0537. The topological polar surface area (TPSA) is 77.5 Å². The fourth-order valence-corrected chi connectivity index (χ4v) is 6.39. The van der Waals surface area contributed by atoms with Crippen molar-refractivity contribution in [1.82, 2.24) is 0 Å². The average Bonchev–Trinajstić information content (AvgIpc) is 2.73. The first-order valence-electron chi connectivity index (χ1n) is 9.11. The first-order chi connectivity index (χ1) is 14.1. The summed E-state index contributed by atoms with van der Waals surface area (Å²) in [4.78, 5) is -1.64. The summed E-state index contributed by atoms with van der Waals surface area (Å²) in [5.41, 5.74) is 0.947. The number of rotatable bonds is 6. The standard InChI is InChI=1S/C22H21FO5S2/c1-15(2)16-8-11-18(12-9-16)29(24,25)21-13-10-17(28-3)14-22(21)30(26,27)20-7-5-4-6-19(20)23/h4-15H,1-3H3. The molecule has 0 bridgehead atoms. The van der Waals surface area contributed by atoms with Gasteiger partial charge in [0.15, 0.2) is 0 Å². The van der Waals surface area contributed by atoms with Crippen molar-refractivity contribution in [2.45, 2.75) is 39.3 Å². The molecule has 0 heterocycles. The van der Waals surface area contributed by atoms with Crippen LogP contribution in [0.1, 0.15) is 25.3 Å². The van der Waals surface area contributed by atoms with Crippen LogP contribution in [0.5, 0.6) is 5.75 Å². The van der Waals surface area contributed by atoms with E-state index in [0.717, 1.165) is 29.8 Å². The Morgan fingerprint density at radius 3 is 1.97 bits per heavy atom. The lowest BCUT2D eigenvalue weighted by atomic mass is 10.0. The zero-order valence-corrected chi connectivity index (χ0v) is 18.3. The Kier molecular flexibility index (Phi) is 6.01. The summed E-state index contributed by atoms with van der Waals surface area (Å²) in [5.74, 6) is -0.622. The third-order valence-electron chi connectivity index (χ3n) is 4.71. The molecule has 158 valence electrons. The SMILES string of the molecule is COc1ccc(S(=O)(=O)c2ccc(C(C)C)cc2)c(S(=O)(=O)c2ccccc2F)c1. The predicted molar refractivity (Wildman–Crippen MR) is 111 cm³/mol. The van der Waals surface area contributed by atoms with Crippen molar-refractivity contribution in [2.24, 2.45) is 0 Å². The van der Waals surface area contributed by atoms with Crippen LogP contribution in [0.15, 0.2) is 86.3 Å². The molecular formula is C22H21FO5S2. The van der Waals surface area contributed by atoms with Gasteiger partial charge >= 0.3 is 0 Å². The number of hydrogen-bond acceptors (Lipinski definition) is 5. The minimum atomic E-state index is -4.48. The van der Waals surface area contributed by atoms with Gasteiger partial charge in [0.05, 0.1) is 21.8 Å². The number of methoxy groups -OCH3 is 1. The van der Waals surface area contributed by atoms with Crippen LogP contribution in [0.4, 0.5) is 4.39 Å². The molecule has 0 fully saturated rings. The fraction of sp³-hybridized carbons (Fsp3) is 0.182. The molecule has 0 spiro atoms.